The van der Waals surface area contributed by atoms with E-state index in [1.54, 1.807) is 42.5 Å². The molecule has 2 aromatic rings. The molecule has 5 nitrogen and oxygen atoms in total. The van der Waals surface area contributed by atoms with Gasteiger partial charge in [0, 0.05) is 0 Å². The maximum atomic E-state index is 12.0. The Bertz CT molecular complexity index is 640. The number of carboxylic acids is 1. The summed E-state index contributed by atoms with van der Waals surface area (Å²) in [5, 5.41) is 21.1. The summed E-state index contributed by atoms with van der Waals surface area (Å²) in [6.45, 7) is 0. The van der Waals surface area contributed by atoms with E-state index in [2.05, 4.69) is 5.32 Å². The lowest BCUT2D eigenvalue weighted by molar-refractivity contribution is -0.141. The average molecular weight is 285 g/mol. The molecule has 2 rings (SSSR count). The number of carbonyl (C=O) groups is 2. The summed E-state index contributed by atoms with van der Waals surface area (Å²) in [7, 11) is 0. The molecule has 0 unspecified atom stereocenters. The Morgan fingerprint density at radius 1 is 1.05 bits per heavy atom. The van der Waals surface area contributed by atoms with Crippen LogP contribution in [0.3, 0.4) is 0 Å². The molecular formula is C16H15NO4. The molecule has 108 valence electrons. The number of aliphatic carboxylic acids is 1. The molecule has 2 aromatic carbocycles. The van der Waals surface area contributed by atoms with Crippen molar-refractivity contribution in [3.63, 3.8) is 0 Å². The largest absolute Gasteiger partial charge is 0.508 e. The first kappa shape index (κ1) is 14.6. The predicted octanol–water partition coefficient (Wildman–Crippen LogP) is 1.88. The Labute approximate surface area is 121 Å². The van der Waals surface area contributed by atoms with Crippen LogP contribution in [0.4, 0.5) is 0 Å². The topological polar surface area (TPSA) is 86.6 Å². The van der Waals surface area contributed by atoms with Gasteiger partial charge in [-0.15, -0.1) is 0 Å². The summed E-state index contributed by atoms with van der Waals surface area (Å²) in [5.74, 6) is -1.47. The van der Waals surface area contributed by atoms with E-state index in [0.29, 0.717) is 11.1 Å². The maximum Gasteiger partial charge on any atom is 0.330 e. The molecule has 0 saturated heterocycles. The molecule has 21 heavy (non-hydrogen) atoms. The molecule has 5 heteroatoms. The van der Waals surface area contributed by atoms with Crippen molar-refractivity contribution >= 4 is 11.9 Å². The zero-order chi connectivity index (χ0) is 15.2. The summed E-state index contributed by atoms with van der Waals surface area (Å²) in [6, 6.07) is 13.7. The number of carbonyl (C=O) groups excluding carboxylic acids is 1. The molecule has 0 aliphatic carbocycles. The highest BCUT2D eigenvalue weighted by Gasteiger charge is 2.21. The summed E-state index contributed by atoms with van der Waals surface area (Å²) in [6.07, 6.45) is 0.00497. The number of rotatable bonds is 5. The number of amides is 1. The molecule has 3 N–H and O–H groups in total. The Morgan fingerprint density at radius 3 is 2.38 bits per heavy atom. The van der Waals surface area contributed by atoms with Crippen molar-refractivity contribution < 1.29 is 19.8 Å². The van der Waals surface area contributed by atoms with Gasteiger partial charge in [0.1, 0.15) is 5.75 Å². The molecule has 0 saturated carbocycles. The van der Waals surface area contributed by atoms with E-state index in [4.69, 9.17) is 0 Å². The van der Waals surface area contributed by atoms with Gasteiger partial charge in [0.25, 0.3) is 0 Å². The SMILES string of the molecule is O=C(Cc1cccc(O)c1)N[C@@H](C(=O)O)c1ccccc1. The second kappa shape index (κ2) is 6.56. The first-order chi connectivity index (χ1) is 10.1. The van der Waals surface area contributed by atoms with Gasteiger partial charge in [0.05, 0.1) is 6.42 Å². The van der Waals surface area contributed by atoms with Gasteiger partial charge in [-0.25, -0.2) is 4.79 Å². The second-order valence-corrected chi connectivity index (χ2v) is 4.60. The van der Waals surface area contributed by atoms with Crippen molar-refractivity contribution in [1.82, 2.24) is 5.32 Å². The van der Waals surface area contributed by atoms with Crippen molar-refractivity contribution in [2.75, 3.05) is 0 Å². The highest BCUT2D eigenvalue weighted by Crippen LogP contribution is 2.14. The third kappa shape index (κ3) is 4.07. The molecule has 0 aliphatic rings. The average Bonchev–Trinajstić information content (AvgIpc) is 2.45. The van der Waals surface area contributed by atoms with Crippen molar-refractivity contribution in [2.45, 2.75) is 12.5 Å². The van der Waals surface area contributed by atoms with Crippen LogP contribution in [0.2, 0.25) is 0 Å². The van der Waals surface area contributed by atoms with Crippen molar-refractivity contribution in [1.29, 1.82) is 0 Å². The Morgan fingerprint density at radius 2 is 1.76 bits per heavy atom. The smallest absolute Gasteiger partial charge is 0.330 e. The highest BCUT2D eigenvalue weighted by atomic mass is 16.4. The fourth-order valence-corrected chi connectivity index (χ4v) is 2.00. The molecule has 0 spiro atoms. The van der Waals surface area contributed by atoms with Crippen LogP contribution in [0.5, 0.6) is 5.75 Å². The molecule has 0 aliphatic heterocycles. The van der Waals surface area contributed by atoms with Crippen molar-refractivity contribution in [2.24, 2.45) is 0 Å². The van der Waals surface area contributed by atoms with Crippen LogP contribution in [-0.4, -0.2) is 22.1 Å². The van der Waals surface area contributed by atoms with E-state index >= 15 is 0 Å². The minimum absolute atomic E-state index is 0.00497. The standard InChI is InChI=1S/C16H15NO4/c18-13-8-4-5-11(9-13)10-14(19)17-15(16(20)21)12-6-2-1-3-7-12/h1-9,15,18H,10H2,(H,17,19)(H,20,21)/t15-/m1/s1. The summed E-state index contributed by atoms with van der Waals surface area (Å²) in [5.41, 5.74) is 1.12. The van der Waals surface area contributed by atoms with Gasteiger partial charge in [-0.2, -0.15) is 0 Å². The van der Waals surface area contributed by atoms with E-state index < -0.39 is 17.9 Å². The van der Waals surface area contributed by atoms with Crippen LogP contribution in [0.15, 0.2) is 54.6 Å². The van der Waals surface area contributed by atoms with Crippen LogP contribution >= 0.6 is 0 Å². The summed E-state index contributed by atoms with van der Waals surface area (Å²) in [4.78, 5) is 23.2. The van der Waals surface area contributed by atoms with Crippen molar-refractivity contribution in [3.8, 4) is 5.75 Å². The molecule has 1 amide bonds. The fourth-order valence-electron chi connectivity index (χ4n) is 2.00. The lowest BCUT2D eigenvalue weighted by atomic mass is 10.1. The molecule has 0 radical (unpaired) electrons. The lowest BCUT2D eigenvalue weighted by Gasteiger charge is -2.15. The number of benzene rings is 2. The molecule has 0 fully saturated rings. The second-order valence-electron chi connectivity index (χ2n) is 4.60. The van der Waals surface area contributed by atoms with Crippen molar-refractivity contribution in [3.05, 3.63) is 65.7 Å². The first-order valence-electron chi connectivity index (χ1n) is 6.41. The van der Waals surface area contributed by atoms with E-state index in [0.717, 1.165) is 0 Å². The predicted molar refractivity (Wildman–Crippen MR) is 76.8 cm³/mol. The Balaban J connectivity index is 2.07. The number of hydrogen-bond acceptors (Lipinski definition) is 3. The van der Waals surface area contributed by atoms with Crippen LogP contribution in [-0.2, 0) is 16.0 Å². The highest BCUT2D eigenvalue weighted by molar-refractivity contribution is 5.85. The number of carboxylic acid groups (broad SMARTS) is 1. The minimum Gasteiger partial charge on any atom is -0.508 e. The summed E-state index contributed by atoms with van der Waals surface area (Å²) >= 11 is 0. The van der Waals surface area contributed by atoms with E-state index in [-0.39, 0.29) is 12.2 Å². The third-order valence-corrected chi connectivity index (χ3v) is 2.96. The van der Waals surface area contributed by atoms with E-state index in [1.807, 2.05) is 0 Å². The summed E-state index contributed by atoms with van der Waals surface area (Å²) < 4.78 is 0. The van der Waals surface area contributed by atoms with Gasteiger partial charge in [0.15, 0.2) is 6.04 Å². The quantitative estimate of drug-likeness (QED) is 0.782. The minimum atomic E-state index is -1.12. The third-order valence-electron chi connectivity index (χ3n) is 2.96. The number of phenolic OH excluding ortho intramolecular Hbond substituents is 1. The van der Waals surface area contributed by atoms with Gasteiger partial charge >= 0.3 is 5.97 Å². The normalized spacial score (nSPS) is 11.6. The molecule has 1 atom stereocenters. The maximum absolute atomic E-state index is 12.0. The van der Waals surface area contributed by atoms with Crippen LogP contribution < -0.4 is 5.32 Å². The molecule has 0 bridgehead atoms. The van der Waals surface area contributed by atoms with Crippen LogP contribution in [0, 0.1) is 0 Å². The Hall–Kier alpha value is -2.82. The number of hydrogen-bond donors (Lipinski definition) is 3. The zero-order valence-corrected chi connectivity index (χ0v) is 11.2. The lowest BCUT2D eigenvalue weighted by Crippen LogP contribution is -2.34. The first-order valence-corrected chi connectivity index (χ1v) is 6.41. The van der Waals surface area contributed by atoms with Gasteiger partial charge in [0.2, 0.25) is 5.91 Å². The van der Waals surface area contributed by atoms with Gasteiger partial charge in [-0.3, -0.25) is 4.79 Å². The van der Waals surface area contributed by atoms with Crippen LogP contribution in [0.25, 0.3) is 0 Å². The zero-order valence-electron chi connectivity index (χ0n) is 11.2. The van der Waals surface area contributed by atoms with E-state index in [1.165, 1.54) is 12.1 Å². The van der Waals surface area contributed by atoms with Gasteiger partial charge in [-0.1, -0.05) is 42.5 Å². The number of phenols is 1. The van der Waals surface area contributed by atoms with Gasteiger partial charge < -0.3 is 15.5 Å². The number of nitrogens with one attached hydrogen (secondary N) is 1. The Kier molecular flexibility index (Phi) is 4.56. The molecular weight excluding hydrogens is 270 g/mol. The fraction of sp³-hybridized carbons (Fsp3) is 0.125. The number of aromatic hydroxyl groups is 1. The van der Waals surface area contributed by atoms with Gasteiger partial charge in [-0.05, 0) is 23.3 Å². The molecule has 0 aromatic heterocycles. The van der Waals surface area contributed by atoms with Crippen LogP contribution in [0.1, 0.15) is 17.2 Å². The van der Waals surface area contributed by atoms with E-state index in [9.17, 15) is 19.8 Å². The monoisotopic (exact) mass is 285 g/mol. The molecule has 0 heterocycles.